The van der Waals surface area contributed by atoms with Crippen LogP contribution in [0.2, 0.25) is 0 Å². The van der Waals surface area contributed by atoms with Crippen LogP contribution in [-0.2, 0) is 13.0 Å². The van der Waals surface area contributed by atoms with Gasteiger partial charge in [-0.1, -0.05) is 64.5 Å². The number of ether oxygens (including phenoxy) is 2. The van der Waals surface area contributed by atoms with Crippen LogP contribution in [0.25, 0.3) is 10.9 Å². The van der Waals surface area contributed by atoms with E-state index in [0.717, 1.165) is 40.1 Å². The van der Waals surface area contributed by atoms with Crippen molar-refractivity contribution >= 4 is 26.8 Å². The molecule has 0 bridgehead atoms. The fourth-order valence-corrected chi connectivity index (χ4v) is 4.78. The van der Waals surface area contributed by atoms with Crippen molar-refractivity contribution in [3.05, 3.63) is 93.6 Å². The summed E-state index contributed by atoms with van der Waals surface area (Å²) in [5.41, 5.74) is 6.05. The Hall–Kier alpha value is -2.76. The van der Waals surface area contributed by atoms with Crippen molar-refractivity contribution in [3.8, 4) is 11.5 Å². The minimum Gasteiger partial charge on any atom is -0.493 e. The Bertz CT molecular complexity index is 1190. The second-order valence-electron chi connectivity index (χ2n) is 7.50. The zero-order valence-corrected chi connectivity index (χ0v) is 18.3. The molecule has 0 saturated heterocycles. The summed E-state index contributed by atoms with van der Waals surface area (Å²) >= 11 is 3.78. The number of aromatic amines is 1. The SMILES string of the molecule is COc1cc(C2NCCc3c2[nH]c2ccccc32)c(Br)cc1OCc1ccccc1. The van der Waals surface area contributed by atoms with Gasteiger partial charge in [-0.3, -0.25) is 0 Å². The molecule has 4 aromatic rings. The summed E-state index contributed by atoms with van der Waals surface area (Å²) in [4.78, 5) is 3.64. The van der Waals surface area contributed by atoms with Gasteiger partial charge in [0.05, 0.1) is 13.2 Å². The summed E-state index contributed by atoms with van der Waals surface area (Å²) in [6.07, 6.45) is 1.02. The maximum atomic E-state index is 6.07. The van der Waals surface area contributed by atoms with E-state index in [-0.39, 0.29) is 6.04 Å². The van der Waals surface area contributed by atoms with Crippen molar-refractivity contribution in [1.29, 1.82) is 0 Å². The molecule has 4 nitrogen and oxygen atoms in total. The number of aromatic nitrogens is 1. The summed E-state index contributed by atoms with van der Waals surface area (Å²) in [6, 6.07) is 22.8. The number of fused-ring (bicyclic) bond motifs is 3. The second-order valence-corrected chi connectivity index (χ2v) is 8.35. The number of nitrogens with one attached hydrogen (secondary N) is 2. The Kier molecular flexibility index (Phi) is 5.23. The van der Waals surface area contributed by atoms with Crippen molar-refractivity contribution in [2.45, 2.75) is 19.1 Å². The van der Waals surface area contributed by atoms with Gasteiger partial charge in [0, 0.05) is 27.6 Å². The predicted molar refractivity (Wildman–Crippen MR) is 123 cm³/mol. The van der Waals surface area contributed by atoms with Crippen LogP contribution in [-0.4, -0.2) is 18.6 Å². The van der Waals surface area contributed by atoms with Gasteiger partial charge >= 0.3 is 0 Å². The first-order chi connectivity index (χ1) is 14.7. The van der Waals surface area contributed by atoms with E-state index in [1.54, 1.807) is 7.11 Å². The van der Waals surface area contributed by atoms with Gasteiger partial charge in [-0.15, -0.1) is 0 Å². The average molecular weight is 463 g/mol. The van der Waals surface area contributed by atoms with Crippen molar-refractivity contribution in [3.63, 3.8) is 0 Å². The van der Waals surface area contributed by atoms with Crippen LogP contribution >= 0.6 is 15.9 Å². The fraction of sp³-hybridized carbons (Fsp3) is 0.200. The molecule has 0 amide bonds. The van der Waals surface area contributed by atoms with Crippen LogP contribution in [0.1, 0.15) is 28.4 Å². The molecule has 1 aromatic heterocycles. The normalized spacial score (nSPS) is 15.7. The highest BCUT2D eigenvalue weighted by molar-refractivity contribution is 9.10. The standard InChI is InChI=1S/C25H23BrN2O2/c1-29-22-13-19(20(26)14-23(22)30-15-16-7-3-2-4-8-16)24-25-18(11-12-27-24)17-9-5-6-10-21(17)28-25/h2-10,13-14,24,27-28H,11-12,15H2,1H3. The number of methoxy groups -OCH3 is 1. The first-order valence-corrected chi connectivity index (χ1v) is 10.9. The van der Waals surface area contributed by atoms with Gasteiger partial charge in [-0.05, 0) is 41.3 Å². The summed E-state index contributed by atoms with van der Waals surface area (Å²) in [7, 11) is 1.69. The molecule has 1 aliphatic heterocycles. The number of rotatable bonds is 5. The van der Waals surface area contributed by atoms with E-state index >= 15 is 0 Å². The van der Waals surface area contributed by atoms with Crippen LogP contribution < -0.4 is 14.8 Å². The van der Waals surface area contributed by atoms with Gasteiger partial charge < -0.3 is 19.8 Å². The number of H-pyrrole nitrogens is 1. The molecule has 0 saturated carbocycles. The molecule has 1 aliphatic rings. The summed E-state index contributed by atoms with van der Waals surface area (Å²) in [5, 5.41) is 4.97. The van der Waals surface area contributed by atoms with E-state index in [2.05, 4.69) is 68.7 Å². The molecule has 30 heavy (non-hydrogen) atoms. The Morgan fingerprint density at radius 2 is 1.80 bits per heavy atom. The van der Waals surface area contributed by atoms with Gasteiger partial charge in [0.2, 0.25) is 0 Å². The maximum Gasteiger partial charge on any atom is 0.162 e. The zero-order chi connectivity index (χ0) is 20.5. The second kappa shape index (κ2) is 8.17. The van der Waals surface area contributed by atoms with Crippen LogP contribution in [0.3, 0.4) is 0 Å². The van der Waals surface area contributed by atoms with Crippen molar-refractivity contribution < 1.29 is 9.47 Å². The lowest BCUT2D eigenvalue weighted by Crippen LogP contribution is -2.30. The molecule has 5 rings (SSSR count). The lowest BCUT2D eigenvalue weighted by Gasteiger charge is -2.26. The number of hydrogen-bond donors (Lipinski definition) is 2. The molecule has 1 unspecified atom stereocenters. The third-order valence-electron chi connectivity index (χ3n) is 5.69. The highest BCUT2D eigenvalue weighted by Crippen LogP contribution is 2.41. The molecule has 3 aromatic carbocycles. The highest BCUT2D eigenvalue weighted by Gasteiger charge is 2.27. The molecular weight excluding hydrogens is 440 g/mol. The summed E-state index contributed by atoms with van der Waals surface area (Å²) < 4.78 is 12.8. The highest BCUT2D eigenvalue weighted by atomic mass is 79.9. The molecule has 5 heteroatoms. The fourth-order valence-electron chi connectivity index (χ4n) is 4.23. The van der Waals surface area contributed by atoms with E-state index in [1.165, 1.54) is 22.2 Å². The van der Waals surface area contributed by atoms with E-state index in [9.17, 15) is 0 Å². The largest absolute Gasteiger partial charge is 0.493 e. The minimum absolute atomic E-state index is 0.0626. The van der Waals surface area contributed by atoms with Crippen molar-refractivity contribution in [2.75, 3.05) is 13.7 Å². The summed E-state index contributed by atoms with van der Waals surface area (Å²) in [5.74, 6) is 1.46. The molecule has 0 radical (unpaired) electrons. The molecule has 2 heterocycles. The van der Waals surface area contributed by atoms with Crippen molar-refractivity contribution in [2.24, 2.45) is 0 Å². The number of halogens is 1. The maximum absolute atomic E-state index is 6.07. The van der Waals surface area contributed by atoms with Gasteiger partial charge in [0.25, 0.3) is 0 Å². The van der Waals surface area contributed by atoms with Crippen molar-refractivity contribution in [1.82, 2.24) is 10.3 Å². The third-order valence-corrected chi connectivity index (χ3v) is 6.38. The smallest absolute Gasteiger partial charge is 0.162 e. The van der Waals surface area contributed by atoms with Gasteiger partial charge in [-0.2, -0.15) is 0 Å². The number of para-hydroxylation sites is 1. The number of hydrogen-bond acceptors (Lipinski definition) is 3. The monoisotopic (exact) mass is 462 g/mol. The minimum atomic E-state index is 0.0626. The summed E-state index contributed by atoms with van der Waals surface area (Å²) in [6.45, 7) is 1.43. The van der Waals surface area contributed by atoms with Crippen LogP contribution in [0.15, 0.2) is 71.2 Å². The van der Waals surface area contributed by atoms with Crippen LogP contribution in [0.4, 0.5) is 0 Å². The molecule has 0 fully saturated rings. The van der Waals surface area contributed by atoms with E-state index in [1.807, 2.05) is 24.3 Å². The van der Waals surface area contributed by atoms with E-state index in [4.69, 9.17) is 9.47 Å². The van der Waals surface area contributed by atoms with E-state index < -0.39 is 0 Å². The topological polar surface area (TPSA) is 46.3 Å². The van der Waals surface area contributed by atoms with Gasteiger partial charge in [0.1, 0.15) is 6.61 Å². The number of benzene rings is 3. The first kappa shape index (κ1) is 19.2. The average Bonchev–Trinajstić information content (AvgIpc) is 3.17. The lowest BCUT2D eigenvalue weighted by molar-refractivity contribution is 0.284. The van der Waals surface area contributed by atoms with E-state index in [0.29, 0.717) is 6.61 Å². The molecule has 0 aliphatic carbocycles. The zero-order valence-electron chi connectivity index (χ0n) is 16.7. The Morgan fingerprint density at radius 3 is 2.63 bits per heavy atom. The lowest BCUT2D eigenvalue weighted by atomic mass is 9.94. The Labute approximate surface area is 184 Å². The van der Waals surface area contributed by atoms with Crippen LogP contribution in [0.5, 0.6) is 11.5 Å². The molecule has 2 N–H and O–H groups in total. The first-order valence-electron chi connectivity index (χ1n) is 10.1. The van der Waals surface area contributed by atoms with Gasteiger partial charge in [0.15, 0.2) is 11.5 Å². The Morgan fingerprint density at radius 1 is 1.00 bits per heavy atom. The third kappa shape index (κ3) is 3.48. The van der Waals surface area contributed by atoms with Gasteiger partial charge in [-0.25, -0.2) is 0 Å². The predicted octanol–water partition coefficient (Wildman–Crippen LogP) is 5.75. The molecule has 0 spiro atoms. The van der Waals surface area contributed by atoms with Crippen LogP contribution in [0, 0.1) is 0 Å². The quantitative estimate of drug-likeness (QED) is 0.396. The Balaban J connectivity index is 1.50. The molecule has 1 atom stereocenters. The molecule has 152 valence electrons. The molecular formula is C25H23BrN2O2.